The largest absolute Gasteiger partial charge is 0.493 e. The first-order valence-electron chi connectivity index (χ1n) is 5.30. The third-order valence-electron chi connectivity index (χ3n) is 2.70. The van der Waals surface area contributed by atoms with Crippen molar-refractivity contribution < 1.29 is 14.2 Å². The van der Waals surface area contributed by atoms with E-state index in [-0.39, 0.29) is 0 Å². The fourth-order valence-corrected chi connectivity index (χ4v) is 1.78. The Labute approximate surface area is 101 Å². The van der Waals surface area contributed by atoms with E-state index in [4.69, 9.17) is 14.2 Å². The molecule has 0 amide bonds. The zero-order chi connectivity index (χ0) is 12.3. The van der Waals surface area contributed by atoms with E-state index in [0.717, 1.165) is 22.6 Å². The van der Waals surface area contributed by atoms with Gasteiger partial charge in [-0.05, 0) is 29.3 Å². The molecule has 1 heterocycles. The van der Waals surface area contributed by atoms with Crippen molar-refractivity contribution in [3.05, 3.63) is 29.5 Å². The van der Waals surface area contributed by atoms with Gasteiger partial charge < -0.3 is 14.2 Å². The third kappa shape index (κ3) is 2.25. The van der Waals surface area contributed by atoms with Crippen LogP contribution in [-0.4, -0.2) is 27.2 Å². The number of benzene rings is 1. The molecule has 0 bridgehead atoms. The first kappa shape index (κ1) is 11.5. The molecule has 1 aliphatic rings. The van der Waals surface area contributed by atoms with Crippen LogP contribution >= 0.6 is 0 Å². The molecule has 0 aliphatic carbocycles. The van der Waals surface area contributed by atoms with Crippen LogP contribution in [0.3, 0.4) is 0 Å². The molecule has 0 fully saturated rings. The highest BCUT2D eigenvalue weighted by molar-refractivity contribution is 5.83. The molecule has 4 heteroatoms. The summed E-state index contributed by atoms with van der Waals surface area (Å²) in [5.74, 6) is 2.13. The molecule has 0 atom stereocenters. The summed E-state index contributed by atoms with van der Waals surface area (Å²) in [5, 5.41) is 0. The predicted molar refractivity (Wildman–Crippen MR) is 66.7 cm³/mol. The number of aliphatic imine (C=N–C) groups is 1. The highest BCUT2D eigenvalue weighted by Crippen LogP contribution is 2.32. The van der Waals surface area contributed by atoms with Gasteiger partial charge in [-0.25, -0.2) is 4.99 Å². The van der Waals surface area contributed by atoms with Crippen molar-refractivity contribution in [2.75, 3.05) is 21.3 Å². The summed E-state index contributed by atoms with van der Waals surface area (Å²) in [4.78, 5) is 4.20. The number of fused-ring (bicyclic) bond motifs is 1. The van der Waals surface area contributed by atoms with Gasteiger partial charge in [0.25, 0.3) is 0 Å². The molecule has 90 valence electrons. The summed E-state index contributed by atoms with van der Waals surface area (Å²) in [6, 6.07) is 3.90. The fourth-order valence-electron chi connectivity index (χ4n) is 1.78. The second-order valence-electron chi connectivity index (χ2n) is 3.63. The fraction of sp³-hybridized carbons (Fsp3) is 0.308. The van der Waals surface area contributed by atoms with Gasteiger partial charge in [0.1, 0.15) is 0 Å². The van der Waals surface area contributed by atoms with Gasteiger partial charge in [-0.1, -0.05) is 0 Å². The number of hydrogen-bond acceptors (Lipinski definition) is 4. The molecular formula is C13H15NO3. The first-order valence-corrected chi connectivity index (χ1v) is 5.30. The summed E-state index contributed by atoms with van der Waals surface area (Å²) in [6.45, 7) is 0. The van der Waals surface area contributed by atoms with Gasteiger partial charge in [0.05, 0.1) is 21.3 Å². The van der Waals surface area contributed by atoms with Crippen LogP contribution in [0.5, 0.6) is 11.5 Å². The Kier molecular flexibility index (Phi) is 3.32. The molecule has 1 aromatic rings. The highest BCUT2D eigenvalue weighted by Gasteiger charge is 2.13. The van der Waals surface area contributed by atoms with Gasteiger partial charge in [0, 0.05) is 12.6 Å². The van der Waals surface area contributed by atoms with Gasteiger partial charge in [0.2, 0.25) is 0 Å². The number of nitrogens with zero attached hydrogens (tertiary/aromatic N) is 1. The van der Waals surface area contributed by atoms with Crippen molar-refractivity contribution >= 4 is 12.0 Å². The molecule has 0 spiro atoms. The van der Waals surface area contributed by atoms with Crippen LogP contribution in [0.1, 0.15) is 11.1 Å². The summed E-state index contributed by atoms with van der Waals surface area (Å²) in [7, 11) is 4.88. The third-order valence-corrected chi connectivity index (χ3v) is 2.70. The lowest BCUT2D eigenvalue weighted by atomic mass is 10.0. The van der Waals surface area contributed by atoms with Crippen LogP contribution in [0.15, 0.2) is 23.3 Å². The molecule has 0 N–H and O–H groups in total. The van der Waals surface area contributed by atoms with Gasteiger partial charge >= 0.3 is 0 Å². The SMILES string of the molecule is COC1=NC=Cc2cc(OC)c(OC)cc2C1. The number of methoxy groups -OCH3 is 3. The van der Waals surface area contributed by atoms with Crippen LogP contribution in [0.2, 0.25) is 0 Å². The monoisotopic (exact) mass is 233 g/mol. The lowest BCUT2D eigenvalue weighted by Gasteiger charge is -2.12. The van der Waals surface area contributed by atoms with E-state index in [9.17, 15) is 0 Å². The number of rotatable bonds is 2. The lowest BCUT2D eigenvalue weighted by Crippen LogP contribution is -2.05. The van der Waals surface area contributed by atoms with Crippen LogP contribution in [-0.2, 0) is 11.2 Å². The van der Waals surface area contributed by atoms with Crippen LogP contribution in [0, 0.1) is 0 Å². The molecule has 4 nitrogen and oxygen atoms in total. The molecule has 0 saturated carbocycles. The van der Waals surface area contributed by atoms with E-state index >= 15 is 0 Å². The van der Waals surface area contributed by atoms with E-state index in [1.165, 1.54) is 0 Å². The zero-order valence-electron chi connectivity index (χ0n) is 10.2. The Morgan fingerprint density at radius 2 is 1.71 bits per heavy atom. The van der Waals surface area contributed by atoms with Crippen molar-refractivity contribution in [2.45, 2.75) is 6.42 Å². The minimum atomic E-state index is 0.652. The average molecular weight is 233 g/mol. The van der Waals surface area contributed by atoms with E-state index in [0.29, 0.717) is 12.3 Å². The Balaban J connectivity index is 2.46. The maximum Gasteiger partial charge on any atom is 0.192 e. The maximum atomic E-state index is 5.28. The Morgan fingerprint density at radius 3 is 2.35 bits per heavy atom. The Hall–Kier alpha value is -1.97. The normalized spacial score (nSPS) is 13.5. The molecule has 0 unspecified atom stereocenters. The molecular weight excluding hydrogens is 218 g/mol. The Bertz CT molecular complexity index is 478. The summed E-state index contributed by atoms with van der Waals surface area (Å²) in [5.41, 5.74) is 2.18. The van der Waals surface area contributed by atoms with E-state index < -0.39 is 0 Å². The van der Waals surface area contributed by atoms with Crippen molar-refractivity contribution in [1.29, 1.82) is 0 Å². The molecule has 1 aromatic carbocycles. The summed E-state index contributed by atoms with van der Waals surface area (Å²) < 4.78 is 15.7. The minimum Gasteiger partial charge on any atom is -0.493 e. The van der Waals surface area contributed by atoms with Crippen LogP contribution < -0.4 is 9.47 Å². The van der Waals surface area contributed by atoms with Gasteiger partial charge in [0.15, 0.2) is 17.4 Å². The van der Waals surface area contributed by atoms with Crippen molar-refractivity contribution in [2.24, 2.45) is 4.99 Å². The summed E-state index contributed by atoms with van der Waals surface area (Å²) in [6.07, 6.45) is 4.32. The quantitative estimate of drug-likeness (QED) is 0.786. The van der Waals surface area contributed by atoms with Crippen molar-refractivity contribution in [3.63, 3.8) is 0 Å². The minimum absolute atomic E-state index is 0.652. The van der Waals surface area contributed by atoms with Crippen LogP contribution in [0.25, 0.3) is 6.08 Å². The zero-order valence-corrected chi connectivity index (χ0v) is 10.2. The number of ether oxygens (including phenoxy) is 3. The lowest BCUT2D eigenvalue weighted by molar-refractivity contribution is 0.354. The standard InChI is InChI=1S/C13H15NO3/c1-15-11-6-9-4-5-14-13(17-3)8-10(9)7-12(11)16-2/h4-7H,8H2,1-3H3. The second kappa shape index (κ2) is 4.91. The predicted octanol–water partition coefficient (Wildman–Crippen LogP) is 2.28. The van der Waals surface area contributed by atoms with Gasteiger partial charge in [-0.3, -0.25) is 0 Å². The first-order chi connectivity index (χ1) is 8.28. The van der Waals surface area contributed by atoms with E-state index in [1.807, 2.05) is 18.2 Å². The number of hydrogen-bond donors (Lipinski definition) is 0. The molecule has 0 aromatic heterocycles. The van der Waals surface area contributed by atoms with E-state index in [1.54, 1.807) is 27.5 Å². The smallest absolute Gasteiger partial charge is 0.192 e. The second-order valence-corrected chi connectivity index (χ2v) is 3.63. The van der Waals surface area contributed by atoms with Crippen molar-refractivity contribution in [1.82, 2.24) is 0 Å². The van der Waals surface area contributed by atoms with Gasteiger partial charge in [-0.2, -0.15) is 0 Å². The maximum absolute atomic E-state index is 5.28. The molecule has 2 rings (SSSR count). The molecule has 0 saturated heterocycles. The average Bonchev–Trinajstić information content (AvgIpc) is 2.57. The van der Waals surface area contributed by atoms with Gasteiger partial charge in [-0.15, -0.1) is 0 Å². The topological polar surface area (TPSA) is 40.0 Å². The molecule has 1 aliphatic heterocycles. The summed E-state index contributed by atoms with van der Waals surface area (Å²) >= 11 is 0. The van der Waals surface area contributed by atoms with E-state index in [2.05, 4.69) is 4.99 Å². The van der Waals surface area contributed by atoms with Crippen molar-refractivity contribution in [3.8, 4) is 11.5 Å². The molecule has 0 radical (unpaired) electrons. The highest BCUT2D eigenvalue weighted by atomic mass is 16.5. The molecule has 17 heavy (non-hydrogen) atoms. The van der Waals surface area contributed by atoms with Crippen LogP contribution in [0.4, 0.5) is 0 Å². The Morgan fingerprint density at radius 1 is 1.00 bits per heavy atom.